The fraction of sp³-hybridized carbons (Fsp3) is 0.185. The Morgan fingerprint density at radius 1 is 1.12 bits per heavy atom. The van der Waals surface area contributed by atoms with Crippen LogP contribution in [0.1, 0.15) is 29.7 Å². The van der Waals surface area contributed by atoms with Gasteiger partial charge in [0.15, 0.2) is 0 Å². The number of hydrogen-bond acceptors (Lipinski definition) is 5. The highest BCUT2D eigenvalue weighted by atomic mass is 35.5. The largest absolute Gasteiger partial charge is 0.507 e. The van der Waals surface area contributed by atoms with Crippen molar-refractivity contribution in [2.24, 2.45) is 0 Å². The van der Waals surface area contributed by atoms with Gasteiger partial charge in [-0.3, -0.25) is 14.5 Å². The smallest absolute Gasteiger partial charge is 0.300 e. The number of nitrogens with zero attached hydrogens (tertiary/aromatic N) is 1. The molecule has 34 heavy (non-hydrogen) atoms. The summed E-state index contributed by atoms with van der Waals surface area (Å²) in [6, 6.07) is 18.3. The molecule has 1 N–H and O–H groups in total. The Hall–Kier alpha value is -3.77. The molecule has 0 aliphatic carbocycles. The third-order valence-electron chi connectivity index (χ3n) is 5.98. The van der Waals surface area contributed by atoms with E-state index in [0.717, 1.165) is 11.3 Å². The molecule has 5 rings (SSSR count). The predicted molar refractivity (Wildman–Crippen MR) is 129 cm³/mol. The second-order valence-corrected chi connectivity index (χ2v) is 8.51. The summed E-state index contributed by atoms with van der Waals surface area (Å²) in [5.41, 5.74) is 2.51. The van der Waals surface area contributed by atoms with Crippen molar-refractivity contribution in [1.82, 2.24) is 0 Å². The number of halogens is 1. The van der Waals surface area contributed by atoms with Crippen molar-refractivity contribution >= 4 is 34.7 Å². The molecular formula is C27H22ClNO5. The highest BCUT2D eigenvalue weighted by Crippen LogP contribution is 2.43. The van der Waals surface area contributed by atoms with Gasteiger partial charge in [-0.15, -0.1) is 0 Å². The Morgan fingerprint density at radius 3 is 2.74 bits per heavy atom. The van der Waals surface area contributed by atoms with Crippen LogP contribution in [-0.4, -0.2) is 30.0 Å². The monoisotopic (exact) mass is 475 g/mol. The van der Waals surface area contributed by atoms with E-state index in [1.807, 2.05) is 6.92 Å². The van der Waals surface area contributed by atoms with E-state index in [-0.39, 0.29) is 11.3 Å². The van der Waals surface area contributed by atoms with E-state index in [1.54, 1.807) is 66.7 Å². The average molecular weight is 476 g/mol. The number of fused-ring (bicyclic) bond motifs is 1. The highest BCUT2D eigenvalue weighted by Gasteiger charge is 2.47. The number of aliphatic hydroxyl groups is 1. The zero-order valence-corrected chi connectivity index (χ0v) is 19.2. The van der Waals surface area contributed by atoms with E-state index in [0.29, 0.717) is 47.2 Å². The minimum absolute atomic E-state index is 0.0116. The van der Waals surface area contributed by atoms with Crippen LogP contribution in [0.5, 0.6) is 11.5 Å². The molecule has 1 atom stereocenters. The summed E-state index contributed by atoms with van der Waals surface area (Å²) >= 11 is 6.20. The summed E-state index contributed by atoms with van der Waals surface area (Å²) in [6.45, 7) is 2.92. The molecule has 1 fully saturated rings. The molecule has 6 nitrogen and oxygen atoms in total. The first-order valence-corrected chi connectivity index (χ1v) is 11.4. The third-order valence-corrected chi connectivity index (χ3v) is 6.21. The molecule has 0 radical (unpaired) electrons. The molecule has 7 heteroatoms. The number of ether oxygens (including phenoxy) is 2. The summed E-state index contributed by atoms with van der Waals surface area (Å²) in [6.07, 6.45) is 0.715. The van der Waals surface area contributed by atoms with Gasteiger partial charge in [0.2, 0.25) is 0 Å². The van der Waals surface area contributed by atoms with Gasteiger partial charge in [0.25, 0.3) is 11.7 Å². The lowest BCUT2D eigenvalue weighted by molar-refractivity contribution is -0.132. The Labute approximate surface area is 202 Å². The second-order valence-electron chi connectivity index (χ2n) is 8.08. The minimum Gasteiger partial charge on any atom is -0.507 e. The number of amides is 1. The molecule has 1 saturated heterocycles. The van der Waals surface area contributed by atoms with Crippen LogP contribution < -0.4 is 14.4 Å². The van der Waals surface area contributed by atoms with Gasteiger partial charge in [0.1, 0.15) is 17.3 Å². The lowest BCUT2D eigenvalue weighted by Crippen LogP contribution is -2.29. The normalized spacial score (nSPS) is 18.6. The van der Waals surface area contributed by atoms with Crippen LogP contribution in [-0.2, 0) is 16.0 Å². The molecule has 0 spiro atoms. The maximum Gasteiger partial charge on any atom is 0.300 e. The number of hydrogen-bond donors (Lipinski definition) is 1. The van der Waals surface area contributed by atoms with Crippen molar-refractivity contribution in [3.8, 4) is 11.5 Å². The van der Waals surface area contributed by atoms with Crippen LogP contribution in [0.2, 0.25) is 5.02 Å². The van der Waals surface area contributed by atoms with Gasteiger partial charge in [-0.2, -0.15) is 0 Å². The standard InChI is InChI=1S/C27H22ClNO5/c1-2-33-21-8-3-5-17(14-21)24-23(25(30)18-9-10-22-16(13-18)11-12-34-22)26(31)27(32)29(24)20-7-4-6-19(28)15-20/h3-10,13-15,24,30H,2,11-12H2,1H3/b25-23-. The van der Waals surface area contributed by atoms with Gasteiger partial charge >= 0.3 is 0 Å². The zero-order valence-electron chi connectivity index (χ0n) is 18.5. The second kappa shape index (κ2) is 8.88. The molecule has 172 valence electrons. The number of ketones is 1. The first-order valence-electron chi connectivity index (χ1n) is 11.0. The van der Waals surface area contributed by atoms with Gasteiger partial charge in [-0.1, -0.05) is 29.8 Å². The lowest BCUT2D eigenvalue weighted by Gasteiger charge is -2.26. The molecule has 3 aromatic carbocycles. The number of benzene rings is 3. The van der Waals surface area contributed by atoms with E-state index in [2.05, 4.69) is 0 Å². The first kappa shape index (κ1) is 22.0. The number of carbonyl (C=O) groups excluding carboxylic acids is 2. The minimum atomic E-state index is -0.858. The maximum atomic E-state index is 13.3. The summed E-state index contributed by atoms with van der Waals surface area (Å²) in [5.74, 6) is -0.367. The summed E-state index contributed by atoms with van der Waals surface area (Å²) in [7, 11) is 0. The molecule has 0 aromatic heterocycles. The number of carbonyl (C=O) groups is 2. The molecule has 0 bridgehead atoms. The van der Waals surface area contributed by atoms with Crippen molar-refractivity contribution in [1.29, 1.82) is 0 Å². The van der Waals surface area contributed by atoms with E-state index in [9.17, 15) is 14.7 Å². The van der Waals surface area contributed by atoms with Crippen LogP contribution in [0.15, 0.2) is 72.3 Å². The Balaban J connectivity index is 1.70. The molecule has 2 heterocycles. The average Bonchev–Trinajstić information content (AvgIpc) is 3.41. The SMILES string of the molecule is CCOc1cccc(C2/C(=C(/O)c3ccc4c(c3)CCO4)C(=O)C(=O)N2c2cccc(Cl)c2)c1. The van der Waals surface area contributed by atoms with E-state index < -0.39 is 17.7 Å². The quantitative estimate of drug-likeness (QED) is 0.308. The van der Waals surface area contributed by atoms with Gasteiger partial charge in [-0.25, -0.2) is 0 Å². The van der Waals surface area contributed by atoms with Crippen LogP contribution in [0, 0.1) is 0 Å². The molecule has 1 unspecified atom stereocenters. The Bertz CT molecular complexity index is 1330. The van der Waals surface area contributed by atoms with E-state index in [4.69, 9.17) is 21.1 Å². The Kier molecular flexibility index (Phi) is 5.75. The molecule has 3 aromatic rings. The number of Topliss-reactive ketones (excluding diaryl/α,β-unsaturated/α-hetero) is 1. The zero-order chi connectivity index (χ0) is 23.8. The van der Waals surface area contributed by atoms with Gasteiger partial charge in [-0.05, 0) is 66.6 Å². The molecule has 1 amide bonds. The maximum absolute atomic E-state index is 13.3. The number of anilines is 1. The van der Waals surface area contributed by atoms with Crippen molar-refractivity contribution in [2.75, 3.05) is 18.1 Å². The fourth-order valence-corrected chi connectivity index (χ4v) is 4.66. The van der Waals surface area contributed by atoms with E-state index >= 15 is 0 Å². The summed E-state index contributed by atoms with van der Waals surface area (Å²) < 4.78 is 11.2. The topological polar surface area (TPSA) is 76.1 Å². The molecule has 0 saturated carbocycles. The van der Waals surface area contributed by atoms with Gasteiger partial charge < -0.3 is 14.6 Å². The molecule has 2 aliphatic rings. The van der Waals surface area contributed by atoms with Crippen molar-refractivity contribution in [2.45, 2.75) is 19.4 Å². The van der Waals surface area contributed by atoms with Gasteiger partial charge in [0, 0.05) is 22.7 Å². The number of aliphatic hydroxyl groups excluding tert-OH is 1. The van der Waals surface area contributed by atoms with Crippen LogP contribution in [0.25, 0.3) is 5.76 Å². The lowest BCUT2D eigenvalue weighted by atomic mass is 9.94. The molecular weight excluding hydrogens is 454 g/mol. The summed E-state index contributed by atoms with van der Waals surface area (Å²) in [4.78, 5) is 28.0. The van der Waals surface area contributed by atoms with Crippen LogP contribution >= 0.6 is 11.6 Å². The Morgan fingerprint density at radius 2 is 1.94 bits per heavy atom. The van der Waals surface area contributed by atoms with Crippen molar-refractivity contribution in [3.05, 3.63) is 94.0 Å². The van der Waals surface area contributed by atoms with Crippen LogP contribution in [0.4, 0.5) is 5.69 Å². The highest BCUT2D eigenvalue weighted by molar-refractivity contribution is 6.51. The summed E-state index contributed by atoms with van der Waals surface area (Å²) in [5, 5.41) is 11.8. The predicted octanol–water partition coefficient (Wildman–Crippen LogP) is 5.30. The van der Waals surface area contributed by atoms with Crippen molar-refractivity contribution in [3.63, 3.8) is 0 Å². The fourth-order valence-electron chi connectivity index (χ4n) is 4.47. The number of rotatable bonds is 5. The third kappa shape index (κ3) is 3.80. The molecule has 2 aliphatic heterocycles. The first-order chi connectivity index (χ1) is 16.5. The van der Waals surface area contributed by atoms with Gasteiger partial charge in [0.05, 0.1) is 24.8 Å². The van der Waals surface area contributed by atoms with Crippen LogP contribution in [0.3, 0.4) is 0 Å². The van der Waals surface area contributed by atoms with Crippen molar-refractivity contribution < 1.29 is 24.2 Å². The van der Waals surface area contributed by atoms with E-state index in [1.165, 1.54) is 4.90 Å².